The summed E-state index contributed by atoms with van der Waals surface area (Å²) in [5.41, 5.74) is 0. The van der Waals surface area contributed by atoms with Crippen molar-refractivity contribution in [3.63, 3.8) is 0 Å². The van der Waals surface area contributed by atoms with Crippen LogP contribution in [0.25, 0.3) is 0 Å². The van der Waals surface area contributed by atoms with Gasteiger partial charge in [0.05, 0.1) is 12.7 Å². The molecule has 0 aromatic heterocycles. The molecule has 0 aliphatic rings. The minimum atomic E-state index is -1.51. The van der Waals surface area contributed by atoms with E-state index in [0.29, 0.717) is 12.7 Å². The van der Waals surface area contributed by atoms with Crippen molar-refractivity contribution in [2.45, 2.75) is 129 Å². The second kappa shape index (κ2) is 24.2. The molecular weight excluding hydrogens is 503 g/mol. The number of hydrogen-bond donors (Lipinski definition) is 0. The van der Waals surface area contributed by atoms with E-state index in [0.717, 1.165) is 37.4 Å². The molecule has 39 heavy (non-hydrogen) atoms. The molecule has 0 heterocycles. The highest BCUT2D eigenvalue weighted by atomic mass is 31.2. The summed E-state index contributed by atoms with van der Waals surface area (Å²) < 4.78 is 24.5. The normalized spacial score (nSPS) is 12.1. The number of para-hydroxylation sites is 2. The molecular formula is C34H55O4P. The molecule has 5 heteroatoms. The Balaban J connectivity index is 1.66. The van der Waals surface area contributed by atoms with Crippen molar-refractivity contribution in [1.29, 1.82) is 0 Å². The molecule has 0 amide bonds. The summed E-state index contributed by atoms with van der Waals surface area (Å²) >= 11 is 0. The van der Waals surface area contributed by atoms with Gasteiger partial charge in [-0.2, -0.15) is 0 Å². The number of unbranched alkanes of at least 4 members (excludes halogenated alkanes) is 12. The first-order chi connectivity index (χ1) is 19.3. The first-order valence-electron chi connectivity index (χ1n) is 15.8. The zero-order chi connectivity index (χ0) is 27.6. The van der Waals surface area contributed by atoms with Gasteiger partial charge in [-0.3, -0.25) is 4.52 Å². The molecule has 0 fully saturated rings. The van der Waals surface area contributed by atoms with Gasteiger partial charge in [0.25, 0.3) is 0 Å². The Labute approximate surface area is 241 Å². The Morgan fingerprint density at radius 1 is 0.513 bits per heavy atom. The Kier molecular flexibility index (Phi) is 20.9. The van der Waals surface area contributed by atoms with Gasteiger partial charge in [0.1, 0.15) is 11.5 Å². The lowest BCUT2D eigenvalue weighted by atomic mass is 10.0. The van der Waals surface area contributed by atoms with Crippen LogP contribution < -0.4 is 9.05 Å². The summed E-state index contributed by atoms with van der Waals surface area (Å²) in [4.78, 5) is 0. The van der Waals surface area contributed by atoms with Gasteiger partial charge >= 0.3 is 8.60 Å². The third-order valence-electron chi connectivity index (χ3n) is 6.94. The van der Waals surface area contributed by atoms with Crippen molar-refractivity contribution in [3.8, 4) is 11.5 Å². The van der Waals surface area contributed by atoms with Crippen LogP contribution in [0.2, 0.25) is 0 Å². The molecule has 0 radical (unpaired) electrons. The molecule has 0 spiro atoms. The molecule has 4 nitrogen and oxygen atoms in total. The Morgan fingerprint density at radius 3 is 1.49 bits per heavy atom. The third kappa shape index (κ3) is 18.4. The highest BCUT2D eigenvalue weighted by Crippen LogP contribution is 2.41. The third-order valence-corrected chi connectivity index (χ3v) is 8.06. The van der Waals surface area contributed by atoms with Crippen LogP contribution >= 0.6 is 8.60 Å². The number of benzene rings is 2. The van der Waals surface area contributed by atoms with Gasteiger partial charge in [0.2, 0.25) is 0 Å². The van der Waals surface area contributed by atoms with Gasteiger partial charge in [0.15, 0.2) is 0 Å². The van der Waals surface area contributed by atoms with Gasteiger partial charge in [-0.25, -0.2) is 0 Å². The molecule has 2 rings (SSSR count). The van der Waals surface area contributed by atoms with Crippen molar-refractivity contribution in [3.05, 3.63) is 60.7 Å². The Bertz CT molecular complexity index is 732. The highest BCUT2D eigenvalue weighted by molar-refractivity contribution is 7.42. The second-order valence-corrected chi connectivity index (χ2v) is 11.6. The summed E-state index contributed by atoms with van der Waals surface area (Å²) in [6.07, 6.45) is 22.1. The first-order valence-corrected chi connectivity index (χ1v) is 16.9. The van der Waals surface area contributed by atoms with Crippen LogP contribution in [0.3, 0.4) is 0 Å². The maximum absolute atomic E-state index is 6.38. The predicted molar refractivity (Wildman–Crippen MR) is 167 cm³/mol. The molecule has 2 aromatic rings. The van der Waals surface area contributed by atoms with E-state index in [1.807, 2.05) is 60.7 Å². The summed E-state index contributed by atoms with van der Waals surface area (Å²) in [7, 11) is -1.51. The summed E-state index contributed by atoms with van der Waals surface area (Å²) in [6, 6.07) is 19.5. The van der Waals surface area contributed by atoms with Gasteiger partial charge in [0, 0.05) is 6.61 Å². The van der Waals surface area contributed by atoms with E-state index < -0.39 is 8.60 Å². The molecule has 1 unspecified atom stereocenters. The van der Waals surface area contributed by atoms with Crippen LogP contribution in [-0.2, 0) is 9.26 Å². The van der Waals surface area contributed by atoms with E-state index >= 15 is 0 Å². The molecule has 1 atom stereocenters. The molecule has 0 bridgehead atoms. The average Bonchev–Trinajstić information content (AvgIpc) is 2.96. The molecule has 2 aromatic carbocycles. The lowest BCUT2D eigenvalue weighted by Crippen LogP contribution is -2.14. The topological polar surface area (TPSA) is 36.9 Å². The monoisotopic (exact) mass is 558 g/mol. The molecule has 0 saturated heterocycles. The van der Waals surface area contributed by atoms with Gasteiger partial charge in [-0.05, 0) is 56.4 Å². The second-order valence-electron chi connectivity index (χ2n) is 10.5. The number of rotatable bonds is 26. The fourth-order valence-corrected chi connectivity index (χ4v) is 5.60. The fraction of sp³-hybridized carbons (Fsp3) is 0.647. The van der Waals surface area contributed by atoms with Crippen LogP contribution in [0.1, 0.15) is 123 Å². The lowest BCUT2D eigenvalue weighted by molar-refractivity contribution is 0.0352. The number of hydrogen-bond acceptors (Lipinski definition) is 4. The van der Waals surface area contributed by atoms with Crippen LogP contribution in [-0.4, -0.2) is 19.3 Å². The van der Waals surface area contributed by atoms with E-state index in [1.165, 1.54) is 89.9 Å². The van der Waals surface area contributed by atoms with Crippen LogP contribution in [0.15, 0.2) is 60.7 Å². The van der Waals surface area contributed by atoms with Crippen LogP contribution in [0.5, 0.6) is 11.5 Å². The zero-order valence-electron chi connectivity index (χ0n) is 24.9. The number of ether oxygens (including phenoxy) is 1. The maximum Gasteiger partial charge on any atom is 0.463 e. The zero-order valence-corrected chi connectivity index (χ0v) is 25.8. The first kappa shape index (κ1) is 33.6. The predicted octanol–water partition coefficient (Wildman–Crippen LogP) is 11.4. The standard InChI is InChI=1S/C34H55O4P/c1-3-5-7-9-10-11-12-13-22-30-35-32(24-16-8-6-4-2)25-21-23-31-36-39(37-33-26-17-14-18-27-33)38-34-28-19-15-20-29-34/h14-15,17-20,26-29,32H,3-13,16,21-25,30-31H2,1-2H3. The summed E-state index contributed by atoms with van der Waals surface area (Å²) in [6.45, 7) is 6.08. The van der Waals surface area contributed by atoms with Crippen LogP contribution in [0.4, 0.5) is 0 Å². The van der Waals surface area contributed by atoms with Gasteiger partial charge in [-0.1, -0.05) is 127 Å². The Morgan fingerprint density at radius 2 is 0.949 bits per heavy atom. The van der Waals surface area contributed by atoms with Crippen molar-refractivity contribution < 1.29 is 18.3 Å². The minimum Gasteiger partial charge on any atom is -0.418 e. The van der Waals surface area contributed by atoms with E-state index in [-0.39, 0.29) is 0 Å². The molecule has 0 aliphatic carbocycles. The van der Waals surface area contributed by atoms with E-state index in [9.17, 15) is 0 Å². The van der Waals surface area contributed by atoms with Crippen molar-refractivity contribution in [2.24, 2.45) is 0 Å². The van der Waals surface area contributed by atoms with E-state index in [2.05, 4.69) is 13.8 Å². The molecule has 220 valence electrons. The SMILES string of the molecule is CCCCCCCCCCCOC(CCCCCC)CCCCOP(Oc1ccccc1)Oc1ccccc1. The molecule has 0 N–H and O–H groups in total. The molecule has 0 aliphatic heterocycles. The average molecular weight is 559 g/mol. The lowest BCUT2D eigenvalue weighted by Gasteiger charge is -2.19. The molecule has 0 saturated carbocycles. The van der Waals surface area contributed by atoms with Gasteiger partial charge in [-0.15, -0.1) is 0 Å². The summed E-state index contributed by atoms with van der Waals surface area (Å²) in [5, 5.41) is 0. The quantitative estimate of drug-likeness (QED) is 0.0850. The van der Waals surface area contributed by atoms with E-state index in [1.54, 1.807) is 0 Å². The fourth-order valence-electron chi connectivity index (χ4n) is 4.59. The van der Waals surface area contributed by atoms with Crippen molar-refractivity contribution in [2.75, 3.05) is 13.2 Å². The van der Waals surface area contributed by atoms with E-state index in [4.69, 9.17) is 18.3 Å². The summed E-state index contributed by atoms with van der Waals surface area (Å²) in [5.74, 6) is 1.52. The highest BCUT2D eigenvalue weighted by Gasteiger charge is 2.17. The van der Waals surface area contributed by atoms with Crippen molar-refractivity contribution >= 4 is 8.60 Å². The minimum absolute atomic E-state index is 0.374. The van der Waals surface area contributed by atoms with Crippen molar-refractivity contribution in [1.82, 2.24) is 0 Å². The van der Waals surface area contributed by atoms with Gasteiger partial charge < -0.3 is 13.8 Å². The maximum atomic E-state index is 6.38. The smallest absolute Gasteiger partial charge is 0.418 e. The largest absolute Gasteiger partial charge is 0.463 e. The van der Waals surface area contributed by atoms with Crippen LogP contribution in [0, 0.1) is 0 Å². The Hall–Kier alpha value is -1.61.